The molecule has 2 aromatic rings. The fourth-order valence-corrected chi connectivity index (χ4v) is 3.62. The second kappa shape index (κ2) is 6.59. The van der Waals surface area contributed by atoms with Gasteiger partial charge in [-0.2, -0.15) is 0 Å². The van der Waals surface area contributed by atoms with Crippen molar-refractivity contribution in [2.45, 2.75) is 37.0 Å². The lowest BCUT2D eigenvalue weighted by atomic mass is 9.90. The molecule has 4 unspecified atom stereocenters. The summed E-state index contributed by atoms with van der Waals surface area (Å²) < 4.78 is 1.98. The van der Waals surface area contributed by atoms with Crippen LogP contribution in [0.2, 0.25) is 0 Å². The van der Waals surface area contributed by atoms with Crippen molar-refractivity contribution >= 4 is 5.91 Å². The van der Waals surface area contributed by atoms with Crippen LogP contribution in [-0.4, -0.2) is 27.7 Å². The normalized spacial score (nSPS) is 27.2. The van der Waals surface area contributed by atoms with Gasteiger partial charge in [-0.05, 0) is 24.3 Å². The molecule has 0 bridgehead atoms. The molecule has 0 spiro atoms. The fourth-order valence-electron chi connectivity index (χ4n) is 3.62. The number of hydrazine groups is 1. The highest BCUT2D eigenvalue weighted by Crippen LogP contribution is 2.40. The summed E-state index contributed by atoms with van der Waals surface area (Å²) in [7, 11) is 1.96. The average molecular weight is 340 g/mol. The first kappa shape index (κ1) is 16.3. The van der Waals surface area contributed by atoms with Crippen molar-refractivity contribution in [1.29, 1.82) is 0 Å². The van der Waals surface area contributed by atoms with E-state index >= 15 is 0 Å². The molecule has 1 aliphatic heterocycles. The SMILES string of the molecule is Cn1ccnc1C(NC(=O)C1NNC(N)C1c1ccccc1)C1CC1. The second-order valence-electron chi connectivity index (χ2n) is 6.95. The lowest BCUT2D eigenvalue weighted by Crippen LogP contribution is -2.47. The van der Waals surface area contributed by atoms with Crippen molar-refractivity contribution in [2.24, 2.45) is 18.7 Å². The van der Waals surface area contributed by atoms with Gasteiger partial charge in [0.25, 0.3) is 0 Å². The number of nitrogens with one attached hydrogen (secondary N) is 3. The maximum atomic E-state index is 13.0. The second-order valence-corrected chi connectivity index (χ2v) is 6.95. The summed E-state index contributed by atoms with van der Waals surface area (Å²) >= 11 is 0. The summed E-state index contributed by atoms with van der Waals surface area (Å²) in [6.07, 6.45) is 5.61. The third-order valence-electron chi connectivity index (χ3n) is 5.15. The van der Waals surface area contributed by atoms with Crippen molar-refractivity contribution in [1.82, 2.24) is 25.7 Å². The molecule has 4 rings (SSSR count). The number of carbonyl (C=O) groups excluding carboxylic acids is 1. The summed E-state index contributed by atoms with van der Waals surface area (Å²) in [5, 5.41) is 3.20. The molecule has 1 aromatic heterocycles. The number of hydrogen-bond acceptors (Lipinski definition) is 5. The van der Waals surface area contributed by atoms with Crippen LogP contribution < -0.4 is 21.9 Å². The molecule has 132 valence electrons. The van der Waals surface area contributed by atoms with E-state index in [1.165, 1.54) is 0 Å². The number of hydrogen-bond donors (Lipinski definition) is 4. The fraction of sp³-hybridized carbons (Fsp3) is 0.444. The van der Waals surface area contributed by atoms with Gasteiger partial charge in [0.1, 0.15) is 11.9 Å². The Morgan fingerprint density at radius 1 is 1.32 bits per heavy atom. The number of nitrogens with zero attached hydrogens (tertiary/aromatic N) is 2. The van der Waals surface area contributed by atoms with E-state index in [4.69, 9.17) is 5.73 Å². The van der Waals surface area contributed by atoms with Gasteiger partial charge >= 0.3 is 0 Å². The molecule has 0 radical (unpaired) electrons. The Balaban J connectivity index is 1.54. The molecule has 1 aliphatic carbocycles. The quantitative estimate of drug-likeness (QED) is 0.637. The highest BCUT2D eigenvalue weighted by Gasteiger charge is 2.42. The van der Waals surface area contributed by atoms with E-state index in [-0.39, 0.29) is 24.0 Å². The standard InChI is InChI=1S/C18H24N6O/c1-24-10-9-20-17(24)14(12-7-8-12)21-18(25)15-13(16(19)23-22-15)11-5-3-2-4-6-11/h2-6,9-10,12-16,22-23H,7-8,19H2,1H3,(H,21,25). The average Bonchev–Trinajstić information content (AvgIpc) is 3.26. The molecule has 7 nitrogen and oxygen atoms in total. The number of rotatable bonds is 5. The zero-order valence-electron chi connectivity index (χ0n) is 14.2. The van der Waals surface area contributed by atoms with E-state index in [0.717, 1.165) is 24.2 Å². The van der Waals surface area contributed by atoms with Crippen LogP contribution in [0.3, 0.4) is 0 Å². The Morgan fingerprint density at radius 3 is 2.72 bits per heavy atom. The van der Waals surface area contributed by atoms with E-state index < -0.39 is 6.04 Å². The smallest absolute Gasteiger partial charge is 0.239 e. The van der Waals surface area contributed by atoms with Crippen LogP contribution in [0, 0.1) is 5.92 Å². The Hall–Kier alpha value is -2.22. The maximum absolute atomic E-state index is 13.0. The van der Waals surface area contributed by atoms with Crippen molar-refractivity contribution in [3.8, 4) is 0 Å². The van der Waals surface area contributed by atoms with Crippen LogP contribution >= 0.6 is 0 Å². The Labute approximate surface area is 147 Å². The molecule has 5 N–H and O–H groups in total. The van der Waals surface area contributed by atoms with Crippen LogP contribution in [0.1, 0.15) is 36.2 Å². The van der Waals surface area contributed by atoms with Gasteiger partial charge in [-0.3, -0.25) is 4.79 Å². The van der Waals surface area contributed by atoms with Gasteiger partial charge in [-0.25, -0.2) is 15.8 Å². The first-order valence-electron chi connectivity index (χ1n) is 8.74. The summed E-state index contributed by atoms with van der Waals surface area (Å²) in [6, 6.07) is 9.45. The monoisotopic (exact) mass is 340 g/mol. The van der Waals surface area contributed by atoms with Gasteiger partial charge in [0, 0.05) is 25.4 Å². The largest absolute Gasteiger partial charge is 0.344 e. The molecular weight excluding hydrogens is 316 g/mol. The summed E-state index contributed by atoms with van der Waals surface area (Å²) in [4.78, 5) is 17.5. The van der Waals surface area contributed by atoms with Crippen molar-refractivity contribution < 1.29 is 4.79 Å². The number of aryl methyl sites for hydroxylation is 1. The molecule has 25 heavy (non-hydrogen) atoms. The van der Waals surface area contributed by atoms with E-state index in [9.17, 15) is 4.79 Å². The zero-order chi connectivity index (χ0) is 17.4. The van der Waals surface area contributed by atoms with Crippen molar-refractivity contribution in [3.05, 3.63) is 54.1 Å². The summed E-state index contributed by atoms with van der Waals surface area (Å²) in [6.45, 7) is 0. The van der Waals surface area contributed by atoms with Gasteiger partial charge in [0.2, 0.25) is 5.91 Å². The predicted octanol–water partition coefficient (Wildman–Crippen LogP) is 0.532. The minimum Gasteiger partial charge on any atom is -0.344 e. The number of carbonyl (C=O) groups is 1. The minimum absolute atomic E-state index is 0.0470. The van der Waals surface area contributed by atoms with Crippen molar-refractivity contribution in [2.75, 3.05) is 0 Å². The molecule has 4 atom stereocenters. The lowest BCUT2D eigenvalue weighted by Gasteiger charge is -2.24. The Kier molecular flexibility index (Phi) is 4.29. The van der Waals surface area contributed by atoms with Crippen LogP contribution in [-0.2, 0) is 11.8 Å². The van der Waals surface area contributed by atoms with Crippen LogP contribution in [0.25, 0.3) is 0 Å². The van der Waals surface area contributed by atoms with Gasteiger partial charge in [0.05, 0.1) is 12.2 Å². The van der Waals surface area contributed by atoms with E-state index in [1.807, 2.05) is 48.1 Å². The van der Waals surface area contributed by atoms with Gasteiger partial charge in [-0.1, -0.05) is 30.3 Å². The van der Waals surface area contributed by atoms with Crippen LogP contribution in [0.5, 0.6) is 0 Å². The Morgan fingerprint density at radius 2 is 2.08 bits per heavy atom. The minimum atomic E-state index is -0.418. The van der Waals surface area contributed by atoms with E-state index in [2.05, 4.69) is 21.2 Å². The number of nitrogens with two attached hydrogens (primary N) is 1. The molecule has 2 heterocycles. The maximum Gasteiger partial charge on any atom is 0.239 e. The molecule has 7 heteroatoms. The highest BCUT2D eigenvalue weighted by molar-refractivity contribution is 5.84. The van der Waals surface area contributed by atoms with E-state index in [1.54, 1.807) is 6.20 Å². The van der Waals surface area contributed by atoms with Gasteiger partial charge < -0.3 is 15.6 Å². The molecule has 1 amide bonds. The molecule has 2 aliphatic rings. The zero-order valence-corrected chi connectivity index (χ0v) is 14.2. The van der Waals surface area contributed by atoms with Crippen LogP contribution in [0.15, 0.2) is 42.7 Å². The number of benzene rings is 1. The molecule has 1 saturated heterocycles. The first-order chi connectivity index (χ1) is 12.1. The van der Waals surface area contributed by atoms with Gasteiger partial charge in [-0.15, -0.1) is 0 Å². The molecule has 1 saturated carbocycles. The summed E-state index contributed by atoms with van der Waals surface area (Å²) in [5.74, 6) is 1.20. The third kappa shape index (κ3) is 3.18. The Bertz CT molecular complexity index is 741. The van der Waals surface area contributed by atoms with Gasteiger partial charge in [0.15, 0.2) is 0 Å². The predicted molar refractivity (Wildman–Crippen MR) is 94.0 cm³/mol. The molecule has 2 fully saturated rings. The number of aromatic nitrogens is 2. The molecular formula is C18H24N6O. The third-order valence-corrected chi connectivity index (χ3v) is 5.15. The first-order valence-corrected chi connectivity index (χ1v) is 8.74. The van der Waals surface area contributed by atoms with Crippen molar-refractivity contribution in [3.63, 3.8) is 0 Å². The number of imidazole rings is 1. The lowest BCUT2D eigenvalue weighted by molar-refractivity contribution is -0.124. The topological polar surface area (TPSA) is 97.0 Å². The summed E-state index contributed by atoms with van der Waals surface area (Å²) in [5.41, 5.74) is 13.3. The van der Waals surface area contributed by atoms with Crippen LogP contribution in [0.4, 0.5) is 0 Å². The highest BCUT2D eigenvalue weighted by atomic mass is 16.2. The number of amides is 1. The van der Waals surface area contributed by atoms with E-state index in [0.29, 0.717) is 5.92 Å². The molecule has 1 aromatic carbocycles.